The predicted octanol–water partition coefficient (Wildman–Crippen LogP) is 9.57. The van der Waals surface area contributed by atoms with Crippen molar-refractivity contribution in [2.45, 2.75) is 29.7 Å². The highest BCUT2D eigenvalue weighted by atomic mass is 127. The zero-order valence-corrected chi connectivity index (χ0v) is 29.2. The van der Waals surface area contributed by atoms with E-state index in [0.717, 1.165) is 36.1 Å². The molecule has 0 aromatic heterocycles. The van der Waals surface area contributed by atoms with E-state index in [-0.39, 0.29) is 16.6 Å². The molecule has 0 aliphatic carbocycles. The van der Waals surface area contributed by atoms with Crippen LogP contribution in [0.25, 0.3) is 0 Å². The Morgan fingerprint density at radius 1 is 0.564 bits per heavy atom. The van der Waals surface area contributed by atoms with Gasteiger partial charge in [0.2, 0.25) is 8.47 Å². The Morgan fingerprint density at radius 3 is 1.69 bits per heavy atom. The summed E-state index contributed by atoms with van der Waals surface area (Å²) in [5.74, 6) is 3.59. The minimum absolute atomic E-state index is 0.0267. The molecule has 0 amide bonds. The molecule has 4 atom stereocenters. The molecular weight excluding hydrogens is 944 g/mol. The molecular formula is C30H24I4N2O3. The maximum absolute atomic E-state index is 6.26. The predicted molar refractivity (Wildman–Crippen MR) is 187 cm³/mol. The number of hydrogen-bond donors (Lipinski definition) is 0. The number of benzene rings is 4. The third-order valence-corrected chi connectivity index (χ3v) is 11.4. The third-order valence-electron chi connectivity index (χ3n) is 6.69. The summed E-state index contributed by atoms with van der Waals surface area (Å²) in [5, 5.41) is 0. The zero-order valence-electron chi connectivity index (χ0n) is 20.6. The first-order chi connectivity index (χ1) is 19.0. The fourth-order valence-electron chi connectivity index (χ4n) is 4.71. The number of halogens is 4. The highest BCUT2D eigenvalue weighted by Gasteiger charge is 2.33. The molecule has 4 aromatic rings. The average molecular weight is 968 g/mol. The number of rotatable bonds is 6. The van der Waals surface area contributed by atoms with Crippen molar-refractivity contribution in [3.05, 3.63) is 119 Å². The van der Waals surface area contributed by atoms with Crippen LogP contribution in [0.3, 0.4) is 0 Å². The van der Waals surface area contributed by atoms with Gasteiger partial charge in [-0.3, -0.25) is 0 Å². The van der Waals surface area contributed by atoms with Crippen LogP contribution in [0.2, 0.25) is 0 Å². The van der Waals surface area contributed by atoms with Crippen molar-refractivity contribution < 1.29 is 14.2 Å². The summed E-state index contributed by atoms with van der Waals surface area (Å²) in [6.07, 6.45) is 0. The van der Waals surface area contributed by atoms with E-state index in [1.807, 2.05) is 42.5 Å². The number of hydrogen-bond acceptors (Lipinski definition) is 5. The number of nitrogens with zero attached hydrogens (tertiary/aromatic N) is 2. The molecule has 0 fully saturated rings. The molecule has 0 N–H and O–H groups in total. The second kappa shape index (κ2) is 12.5. The normalized spacial score (nSPS) is 22.8. The van der Waals surface area contributed by atoms with Crippen molar-refractivity contribution in [3.8, 4) is 23.0 Å². The van der Waals surface area contributed by atoms with Gasteiger partial charge in [-0.05, 0) is 92.7 Å². The van der Waals surface area contributed by atoms with Gasteiger partial charge >= 0.3 is 0 Å². The zero-order chi connectivity index (χ0) is 26.9. The summed E-state index contributed by atoms with van der Waals surface area (Å²) < 4.78 is 19.0. The summed E-state index contributed by atoms with van der Waals surface area (Å²) in [4.78, 5) is 4.70. The molecule has 0 radical (unpaired) electrons. The van der Waals surface area contributed by atoms with Gasteiger partial charge in [0.05, 0.1) is 8.10 Å². The first-order valence-corrected chi connectivity index (χ1v) is 17.4. The maximum atomic E-state index is 6.26. The van der Waals surface area contributed by atoms with Crippen LogP contribution in [0.4, 0.5) is 0 Å². The molecule has 2 aliphatic rings. The average Bonchev–Trinajstić information content (AvgIpc) is 2.94. The monoisotopic (exact) mass is 968 g/mol. The van der Waals surface area contributed by atoms with Crippen LogP contribution in [0.1, 0.15) is 30.4 Å². The standard InChI is InChI=1S/C30H24I4N2O3/c31-27-23-8-1-3-10-25(23)38-29(33)35(27)17-19-12-14-21(15-13-19)37-22-7-5-6-20(16-22)18-36-28(32)24-9-2-4-11-26(24)39-30(36)34/h1-16,27-30H,17-18H2. The van der Waals surface area contributed by atoms with E-state index in [1.165, 1.54) is 22.3 Å². The highest BCUT2D eigenvalue weighted by Crippen LogP contribution is 2.44. The van der Waals surface area contributed by atoms with E-state index in [9.17, 15) is 0 Å². The lowest BCUT2D eigenvalue weighted by Gasteiger charge is -2.38. The van der Waals surface area contributed by atoms with Gasteiger partial charge in [0.15, 0.2) is 0 Å². The Morgan fingerprint density at radius 2 is 1.10 bits per heavy atom. The quantitative estimate of drug-likeness (QED) is 0.109. The summed E-state index contributed by atoms with van der Waals surface area (Å²) in [6, 6.07) is 33.2. The van der Waals surface area contributed by atoms with E-state index in [1.54, 1.807) is 0 Å². The van der Waals surface area contributed by atoms with Gasteiger partial charge in [0, 0.05) is 24.2 Å². The van der Waals surface area contributed by atoms with Crippen LogP contribution in [0, 0.1) is 0 Å². The van der Waals surface area contributed by atoms with E-state index in [0.29, 0.717) is 0 Å². The molecule has 39 heavy (non-hydrogen) atoms. The Bertz CT molecular complexity index is 1450. The van der Waals surface area contributed by atoms with Crippen LogP contribution in [0.15, 0.2) is 97.1 Å². The molecule has 0 bridgehead atoms. The molecule has 2 heterocycles. The number of ether oxygens (including phenoxy) is 3. The van der Waals surface area contributed by atoms with E-state index < -0.39 is 0 Å². The van der Waals surface area contributed by atoms with E-state index in [2.05, 4.69) is 155 Å². The van der Waals surface area contributed by atoms with Gasteiger partial charge in [0.25, 0.3) is 0 Å². The molecule has 5 nitrogen and oxygen atoms in total. The van der Waals surface area contributed by atoms with Crippen LogP contribution in [0.5, 0.6) is 23.0 Å². The fraction of sp³-hybridized carbons (Fsp3) is 0.200. The second-order valence-corrected chi connectivity index (χ2v) is 13.8. The summed E-state index contributed by atoms with van der Waals surface area (Å²) in [7, 11) is 0. The van der Waals surface area contributed by atoms with E-state index >= 15 is 0 Å². The number of para-hydroxylation sites is 2. The van der Waals surface area contributed by atoms with E-state index in [4.69, 9.17) is 14.2 Å². The molecule has 0 saturated carbocycles. The van der Waals surface area contributed by atoms with Gasteiger partial charge in [-0.25, -0.2) is 9.80 Å². The number of alkyl halides is 4. The first kappa shape index (κ1) is 28.2. The van der Waals surface area contributed by atoms with Gasteiger partial charge in [-0.2, -0.15) is 0 Å². The van der Waals surface area contributed by atoms with Crippen molar-refractivity contribution in [1.82, 2.24) is 9.80 Å². The molecule has 4 unspecified atom stereocenters. The van der Waals surface area contributed by atoms with Crippen LogP contribution in [-0.2, 0) is 13.1 Å². The van der Waals surface area contributed by atoms with Crippen molar-refractivity contribution in [1.29, 1.82) is 0 Å². The van der Waals surface area contributed by atoms with Crippen molar-refractivity contribution in [2.75, 3.05) is 0 Å². The summed E-state index contributed by atoms with van der Waals surface area (Å²) in [6.45, 7) is 1.56. The SMILES string of the molecule is IC1Oc2ccccc2C(I)N1Cc1ccc(Oc2cccc(CN3C(I)Oc4ccccc4C3I)c2)cc1. The molecule has 9 heteroatoms. The number of fused-ring (bicyclic) bond motifs is 2. The molecule has 4 aromatic carbocycles. The van der Waals surface area contributed by atoms with Crippen LogP contribution in [-0.4, -0.2) is 18.3 Å². The fourth-order valence-corrected chi connectivity index (χ4v) is 9.53. The third kappa shape index (κ3) is 6.32. The molecule has 0 saturated heterocycles. The Kier molecular flexibility index (Phi) is 9.09. The Balaban J connectivity index is 1.11. The van der Waals surface area contributed by atoms with Crippen molar-refractivity contribution >= 4 is 90.4 Å². The summed E-state index contributed by atoms with van der Waals surface area (Å²) >= 11 is 9.74. The minimum atomic E-state index is -0.0420. The van der Waals surface area contributed by atoms with Gasteiger partial charge in [-0.15, -0.1) is 0 Å². The lowest BCUT2D eigenvalue weighted by molar-refractivity contribution is 0.0740. The first-order valence-electron chi connectivity index (χ1n) is 12.4. The smallest absolute Gasteiger partial charge is 0.206 e. The van der Waals surface area contributed by atoms with Crippen molar-refractivity contribution in [3.63, 3.8) is 0 Å². The van der Waals surface area contributed by atoms with Gasteiger partial charge < -0.3 is 14.2 Å². The second-order valence-electron chi connectivity index (χ2n) is 9.31. The molecule has 200 valence electrons. The maximum Gasteiger partial charge on any atom is 0.206 e. The molecule has 0 spiro atoms. The topological polar surface area (TPSA) is 34.2 Å². The lowest BCUT2D eigenvalue weighted by atomic mass is 10.1. The van der Waals surface area contributed by atoms with Gasteiger partial charge in [0.1, 0.15) is 23.0 Å². The van der Waals surface area contributed by atoms with Gasteiger partial charge in [-0.1, -0.05) is 106 Å². The largest absolute Gasteiger partial charge is 0.466 e. The highest BCUT2D eigenvalue weighted by molar-refractivity contribution is 14.1. The van der Waals surface area contributed by atoms with Crippen LogP contribution < -0.4 is 14.2 Å². The molecule has 2 aliphatic heterocycles. The van der Waals surface area contributed by atoms with Crippen molar-refractivity contribution in [2.24, 2.45) is 0 Å². The molecule has 6 rings (SSSR count). The minimum Gasteiger partial charge on any atom is -0.466 e. The lowest BCUT2D eigenvalue weighted by Crippen LogP contribution is -2.39. The van der Waals surface area contributed by atoms with Crippen LogP contribution >= 0.6 is 90.4 Å². The summed E-state index contributed by atoms with van der Waals surface area (Å²) in [5.41, 5.74) is 4.83. The Hall–Kier alpha value is -0.880. The Labute approximate surface area is 283 Å².